The molecule has 0 radical (unpaired) electrons. The van der Waals surface area contributed by atoms with Gasteiger partial charge < -0.3 is 5.73 Å². The van der Waals surface area contributed by atoms with E-state index < -0.39 is 0 Å². The summed E-state index contributed by atoms with van der Waals surface area (Å²) in [6.45, 7) is 3.31. The van der Waals surface area contributed by atoms with Gasteiger partial charge in [-0.05, 0) is 31.5 Å². The highest BCUT2D eigenvalue weighted by Crippen LogP contribution is 2.22. The molecule has 0 unspecified atom stereocenters. The van der Waals surface area contributed by atoms with E-state index in [2.05, 4.69) is 0 Å². The van der Waals surface area contributed by atoms with E-state index in [0.717, 1.165) is 5.56 Å². The first-order valence-corrected chi connectivity index (χ1v) is 3.96. The molecule has 0 fully saturated rings. The van der Waals surface area contributed by atoms with E-state index in [0.29, 0.717) is 16.3 Å². The van der Waals surface area contributed by atoms with Crippen LogP contribution in [0.25, 0.3) is 0 Å². The molecule has 0 atom stereocenters. The minimum atomic E-state index is -0.0123. The maximum absolute atomic E-state index is 11.1. The van der Waals surface area contributed by atoms with Crippen LogP contribution < -0.4 is 5.73 Å². The molecule has 2 N–H and O–H groups in total. The Morgan fingerprint density at radius 2 is 2.08 bits per heavy atom. The largest absolute Gasteiger partial charge is 0.398 e. The number of ketones is 1. The van der Waals surface area contributed by atoms with Gasteiger partial charge in [0.25, 0.3) is 0 Å². The minimum Gasteiger partial charge on any atom is -0.398 e. The summed E-state index contributed by atoms with van der Waals surface area (Å²) in [7, 11) is 0. The lowest BCUT2D eigenvalue weighted by Gasteiger charge is -2.05. The topological polar surface area (TPSA) is 43.1 Å². The van der Waals surface area contributed by atoms with Crippen molar-refractivity contribution in [3.8, 4) is 0 Å². The lowest BCUT2D eigenvalue weighted by molar-refractivity contribution is 0.101. The second kappa shape index (κ2) is 3.15. The quantitative estimate of drug-likeness (QED) is 0.537. The highest BCUT2D eigenvalue weighted by atomic mass is 35.5. The van der Waals surface area contributed by atoms with Gasteiger partial charge >= 0.3 is 0 Å². The average molecular weight is 184 g/mol. The summed E-state index contributed by atoms with van der Waals surface area (Å²) in [5.41, 5.74) is 7.58. The monoisotopic (exact) mass is 183 g/mol. The molecule has 1 aromatic carbocycles. The van der Waals surface area contributed by atoms with E-state index in [4.69, 9.17) is 17.3 Å². The molecular weight excluding hydrogens is 174 g/mol. The predicted octanol–water partition coefficient (Wildman–Crippen LogP) is 2.43. The molecule has 0 aliphatic heterocycles. The van der Waals surface area contributed by atoms with Gasteiger partial charge in [0.2, 0.25) is 0 Å². The molecular formula is C9H10ClNO. The maximum Gasteiger partial charge on any atom is 0.160 e. The van der Waals surface area contributed by atoms with Gasteiger partial charge in [0.15, 0.2) is 5.78 Å². The Morgan fingerprint density at radius 1 is 1.50 bits per heavy atom. The molecule has 0 saturated heterocycles. The van der Waals surface area contributed by atoms with Gasteiger partial charge in [-0.1, -0.05) is 11.6 Å². The van der Waals surface area contributed by atoms with Crippen molar-refractivity contribution in [3.63, 3.8) is 0 Å². The van der Waals surface area contributed by atoms with Gasteiger partial charge in [0.1, 0.15) is 0 Å². The summed E-state index contributed by atoms with van der Waals surface area (Å²) in [6, 6.07) is 3.28. The Morgan fingerprint density at radius 3 is 2.58 bits per heavy atom. The molecule has 1 aromatic rings. The molecule has 0 heterocycles. The fraction of sp³-hybridized carbons (Fsp3) is 0.222. The number of nitrogens with two attached hydrogens (primary N) is 1. The van der Waals surface area contributed by atoms with Crippen LogP contribution in [0.1, 0.15) is 22.8 Å². The summed E-state index contributed by atoms with van der Waals surface area (Å²) in [5, 5.41) is 0.503. The summed E-state index contributed by atoms with van der Waals surface area (Å²) < 4.78 is 0. The van der Waals surface area contributed by atoms with Gasteiger partial charge in [-0.25, -0.2) is 0 Å². The van der Waals surface area contributed by atoms with E-state index in [1.165, 1.54) is 6.92 Å². The van der Waals surface area contributed by atoms with E-state index >= 15 is 0 Å². The third kappa shape index (κ3) is 1.59. The van der Waals surface area contributed by atoms with Crippen molar-refractivity contribution in [2.75, 3.05) is 5.73 Å². The first kappa shape index (κ1) is 9.07. The van der Waals surface area contributed by atoms with Crippen molar-refractivity contribution < 1.29 is 4.79 Å². The molecule has 1 rings (SSSR count). The Hall–Kier alpha value is -1.02. The zero-order valence-electron chi connectivity index (χ0n) is 7.02. The summed E-state index contributed by atoms with van der Waals surface area (Å²) in [5.74, 6) is -0.0123. The molecule has 12 heavy (non-hydrogen) atoms. The second-order valence-corrected chi connectivity index (χ2v) is 3.16. The Balaban J connectivity index is 3.37. The normalized spacial score (nSPS) is 9.92. The molecule has 0 aliphatic rings. The van der Waals surface area contributed by atoms with Gasteiger partial charge in [-0.3, -0.25) is 4.79 Å². The van der Waals surface area contributed by atoms with Gasteiger partial charge in [0.05, 0.1) is 0 Å². The van der Waals surface area contributed by atoms with Gasteiger partial charge in [-0.2, -0.15) is 0 Å². The predicted molar refractivity (Wildman–Crippen MR) is 50.6 cm³/mol. The third-order valence-electron chi connectivity index (χ3n) is 1.79. The van der Waals surface area contributed by atoms with Gasteiger partial charge in [-0.15, -0.1) is 0 Å². The number of benzene rings is 1. The van der Waals surface area contributed by atoms with E-state index in [-0.39, 0.29) is 5.78 Å². The molecule has 64 valence electrons. The van der Waals surface area contributed by atoms with Crippen molar-refractivity contribution in [3.05, 3.63) is 28.3 Å². The summed E-state index contributed by atoms with van der Waals surface area (Å²) in [4.78, 5) is 11.1. The van der Waals surface area contributed by atoms with Crippen LogP contribution in [-0.4, -0.2) is 5.78 Å². The van der Waals surface area contributed by atoms with Crippen molar-refractivity contribution in [1.29, 1.82) is 0 Å². The summed E-state index contributed by atoms with van der Waals surface area (Å²) >= 11 is 5.73. The number of hydrogen-bond donors (Lipinski definition) is 1. The van der Waals surface area contributed by atoms with Crippen molar-refractivity contribution in [1.82, 2.24) is 0 Å². The highest BCUT2D eigenvalue weighted by molar-refractivity contribution is 6.31. The first-order valence-electron chi connectivity index (χ1n) is 3.59. The second-order valence-electron chi connectivity index (χ2n) is 2.72. The molecule has 3 heteroatoms. The maximum atomic E-state index is 11.1. The standard InChI is InChI=1S/C9H10ClNO/c1-5-8(6(2)12)3-7(10)4-9(5)11/h3-4H,11H2,1-2H3. The summed E-state index contributed by atoms with van der Waals surface area (Å²) in [6.07, 6.45) is 0. The number of carbonyl (C=O) groups excluding carboxylic acids is 1. The van der Waals surface area contributed by atoms with E-state index in [1.54, 1.807) is 12.1 Å². The number of Topliss-reactive ketones (excluding diaryl/α,β-unsaturated/α-hetero) is 1. The van der Waals surface area contributed by atoms with Crippen LogP contribution >= 0.6 is 11.6 Å². The number of halogens is 1. The van der Waals surface area contributed by atoms with E-state index in [9.17, 15) is 4.79 Å². The first-order chi connectivity index (χ1) is 5.52. The lowest BCUT2D eigenvalue weighted by Crippen LogP contribution is -2.00. The fourth-order valence-electron chi connectivity index (χ4n) is 1.07. The third-order valence-corrected chi connectivity index (χ3v) is 2.01. The molecule has 2 nitrogen and oxygen atoms in total. The molecule has 0 spiro atoms. The van der Waals surface area contributed by atoms with Crippen LogP contribution in [0, 0.1) is 6.92 Å². The van der Waals surface area contributed by atoms with Crippen LogP contribution in [0.3, 0.4) is 0 Å². The lowest BCUT2D eigenvalue weighted by atomic mass is 10.0. The Kier molecular flexibility index (Phi) is 2.38. The number of anilines is 1. The van der Waals surface area contributed by atoms with Crippen LogP contribution in [-0.2, 0) is 0 Å². The molecule has 0 aliphatic carbocycles. The SMILES string of the molecule is CC(=O)c1cc(Cl)cc(N)c1C. The van der Waals surface area contributed by atoms with Gasteiger partial charge in [0, 0.05) is 16.3 Å². The Bertz CT molecular complexity index is 334. The average Bonchev–Trinajstić information content (AvgIpc) is 1.96. The van der Waals surface area contributed by atoms with Crippen molar-refractivity contribution >= 4 is 23.1 Å². The number of carbonyl (C=O) groups is 1. The molecule has 0 aromatic heterocycles. The molecule has 0 amide bonds. The molecule has 0 saturated carbocycles. The van der Waals surface area contributed by atoms with Crippen LogP contribution in [0.5, 0.6) is 0 Å². The van der Waals surface area contributed by atoms with Crippen molar-refractivity contribution in [2.45, 2.75) is 13.8 Å². The minimum absolute atomic E-state index is 0.0123. The van der Waals surface area contributed by atoms with E-state index in [1.807, 2.05) is 6.92 Å². The van der Waals surface area contributed by atoms with Crippen LogP contribution in [0.2, 0.25) is 5.02 Å². The zero-order valence-corrected chi connectivity index (χ0v) is 7.77. The molecule has 0 bridgehead atoms. The Labute approximate surface area is 76.3 Å². The highest BCUT2D eigenvalue weighted by Gasteiger charge is 2.07. The number of rotatable bonds is 1. The smallest absolute Gasteiger partial charge is 0.160 e. The zero-order chi connectivity index (χ0) is 9.30. The van der Waals surface area contributed by atoms with Crippen LogP contribution in [0.4, 0.5) is 5.69 Å². The fourth-order valence-corrected chi connectivity index (χ4v) is 1.29. The number of hydrogen-bond acceptors (Lipinski definition) is 2. The number of nitrogen functional groups attached to an aromatic ring is 1. The van der Waals surface area contributed by atoms with Crippen molar-refractivity contribution in [2.24, 2.45) is 0 Å². The van der Waals surface area contributed by atoms with Crippen LogP contribution in [0.15, 0.2) is 12.1 Å².